The first kappa shape index (κ1) is 23.3. The molecule has 0 aliphatic carbocycles. The second kappa shape index (κ2) is 10.8. The highest BCUT2D eigenvalue weighted by Crippen LogP contribution is 2.25. The highest BCUT2D eigenvalue weighted by Gasteiger charge is 2.14. The molecule has 0 fully saturated rings. The Morgan fingerprint density at radius 2 is 1.56 bits per heavy atom. The second-order valence-electron chi connectivity index (χ2n) is 6.22. The Balaban J connectivity index is 1.62. The van der Waals surface area contributed by atoms with Crippen molar-refractivity contribution in [3.8, 4) is 5.75 Å². The number of hydrogen-bond donors (Lipinski definition) is 2. The van der Waals surface area contributed by atoms with Crippen molar-refractivity contribution in [1.29, 1.82) is 0 Å². The Hall–Kier alpha value is -3.39. The lowest BCUT2D eigenvalue weighted by Gasteiger charge is -2.07. The molecule has 0 saturated heterocycles. The van der Waals surface area contributed by atoms with Crippen LogP contribution >= 0.6 is 34.8 Å². The molecule has 0 spiro atoms. The minimum absolute atomic E-state index is 0.214. The van der Waals surface area contributed by atoms with Gasteiger partial charge in [0.1, 0.15) is 5.75 Å². The first-order valence-corrected chi connectivity index (χ1v) is 10.1. The van der Waals surface area contributed by atoms with Crippen molar-refractivity contribution in [2.75, 3.05) is 5.32 Å². The Morgan fingerprint density at radius 1 is 0.844 bits per heavy atom. The first-order valence-electron chi connectivity index (χ1n) is 8.99. The lowest BCUT2D eigenvalue weighted by molar-refractivity contribution is -0.136. The van der Waals surface area contributed by atoms with Crippen molar-refractivity contribution in [2.24, 2.45) is 5.10 Å². The fourth-order valence-corrected chi connectivity index (χ4v) is 2.82. The van der Waals surface area contributed by atoms with Crippen LogP contribution in [0.5, 0.6) is 5.75 Å². The fraction of sp³-hybridized carbons (Fsp3) is 0. The van der Waals surface area contributed by atoms with E-state index in [4.69, 9.17) is 39.5 Å². The molecule has 3 rings (SSSR count). The zero-order valence-corrected chi connectivity index (χ0v) is 18.4. The van der Waals surface area contributed by atoms with Gasteiger partial charge in [0.2, 0.25) is 0 Å². The van der Waals surface area contributed by atoms with Gasteiger partial charge in [0.15, 0.2) is 0 Å². The number of ether oxygens (including phenoxy) is 1. The lowest BCUT2D eigenvalue weighted by atomic mass is 10.2. The zero-order chi connectivity index (χ0) is 23.1. The smallest absolute Gasteiger partial charge is 0.343 e. The van der Waals surface area contributed by atoms with Gasteiger partial charge in [-0.05, 0) is 54.6 Å². The topological polar surface area (TPSA) is 96.9 Å². The molecule has 0 bridgehead atoms. The van der Waals surface area contributed by atoms with Crippen molar-refractivity contribution in [1.82, 2.24) is 5.43 Å². The summed E-state index contributed by atoms with van der Waals surface area (Å²) in [6.45, 7) is 0. The third kappa shape index (κ3) is 6.31. The summed E-state index contributed by atoms with van der Waals surface area (Å²) < 4.78 is 5.39. The van der Waals surface area contributed by atoms with Crippen LogP contribution in [-0.4, -0.2) is 24.0 Å². The standard InChI is InChI=1S/C22H14Cl3N3O4/c23-15-7-5-13(6-8-15)22(31)32-19-4-2-1-3-14(19)12-26-28-21(30)20(29)27-16-9-10-17(24)18(25)11-16/h1-12H,(H,27,29)(H,28,30)/b26-12-. The van der Waals surface area contributed by atoms with Crippen molar-refractivity contribution in [2.45, 2.75) is 0 Å². The van der Waals surface area contributed by atoms with Crippen molar-refractivity contribution in [3.05, 3.63) is 92.9 Å². The summed E-state index contributed by atoms with van der Waals surface area (Å²) >= 11 is 17.5. The molecule has 162 valence electrons. The van der Waals surface area contributed by atoms with Crippen molar-refractivity contribution in [3.63, 3.8) is 0 Å². The minimum Gasteiger partial charge on any atom is -0.422 e. The molecule has 0 unspecified atom stereocenters. The van der Waals surface area contributed by atoms with Crippen LogP contribution in [0.25, 0.3) is 0 Å². The van der Waals surface area contributed by atoms with Crippen molar-refractivity contribution >= 4 is 64.5 Å². The number of amides is 2. The summed E-state index contributed by atoms with van der Waals surface area (Å²) in [6.07, 6.45) is 1.24. The summed E-state index contributed by atoms with van der Waals surface area (Å²) in [5.41, 5.74) is 3.11. The van der Waals surface area contributed by atoms with Crippen LogP contribution < -0.4 is 15.5 Å². The number of hydrazone groups is 1. The predicted molar refractivity (Wildman–Crippen MR) is 124 cm³/mol. The Bertz CT molecular complexity index is 1200. The van der Waals surface area contributed by atoms with Crippen LogP contribution in [0.2, 0.25) is 15.1 Å². The van der Waals surface area contributed by atoms with E-state index in [0.717, 1.165) is 0 Å². The maximum atomic E-state index is 12.3. The SMILES string of the molecule is O=C(N/N=C\c1ccccc1OC(=O)c1ccc(Cl)cc1)C(=O)Nc1ccc(Cl)c(Cl)c1. The van der Waals surface area contributed by atoms with E-state index in [1.807, 2.05) is 0 Å². The number of nitrogens with one attached hydrogen (secondary N) is 2. The molecular formula is C22H14Cl3N3O4. The maximum absolute atomic E-state index is 12.3. The fourth-order valence-electron chi connectivity index (χ4n) is 2.40. The number of carbonyl (C=O) groups excluding carboxylic acids is 3. The molecule has 3 aromatic carbocycles. The van der Waals surface area contributed by atoms with Crippen LogP contribution in [0, 0.1) is 0 Å². The quantitative estimate of drug-likeness (QED) is 0.174. The Labute approximate surface area is 197 Å². The van der Waals surface area contributed by atoms with E-state index >= 15 is 0 Å². The summed E-state index contributed by atoms with van der Waals surface area (Å²) in [6, 6.07) is 17.2. The molecule has 0 atom stereocenters. The average molecular weight is 491 g/mol. The van der Waals surface area contributed by atoms with Gasteiger partial charge in [-0.25, -0.2) is 10.2 Å². The summed E-state index contributed by atoms with van der Waals surface area (Å²) in [7, 11) is 0. The number of halogens is 3. The molecule has 3 aromatic rings. The number of hydrogen-bond acceptors (Lipinski definition) is 5. The van der Waals surface area contributed by atoms with Gasteiger partial charge in [-0.3, -0.25) is 9.59 Å². The number of carbonyl (C=O) groups is 3. The molecule has 2 amide bonds. The molecule has 0 saturated carbocycles. The lowest BCUT2D eigenvalue weighted by Crippen LogP contribution is -2.32. The van der Waals surface area contributed by atoms with Crippen LogP contribution in [-0.2, 0) is 9.59 Å². The van der Waals surface area contributed by atoms with Crippen LogP contribution in [0.3, 0.4) is 0 Å². The Morgan fingerprint density at radius 3 is 2.28 bits per heavy atom. The zero-order valence-electron chi connectivity index (χ0n) is 16.1. The van der Waals surface area contributed by atoms with E-state index in [1.54, 1.807) is 36.4 Å². The summed E-state index contributed by atoms with van der Waals surface area (Å²) in [4.78, 5) is 36.3. The predicted octanol–water partition coefficient (Wildman–Crippen LogP) is 4.95. The molecule has 0 radical (unpaired) electrons. The first-order chi connectivity index (χ1) is 15.3. The van der Waals surface area contributed by atoms with E-state index in [2.05, 4.69) is 15.8 Å². The highest BCUT2D eigenvalue weighted by atomic mass is 35.5. The second-order valence-corrected chi connectivity index (χ2v) is 7.47. The Kier molecular flexibility index (Phi) is 7.83. The number of benzene rings is 3. The maximum Gasteiger partial charge on any atom is 0.343 e. The van der Waals surface area contributed by atoms with Gasteiger partial charge in [0.25, 0.3) is 0 Å². The van der Waals surface area contributed by atoms with E-state index < -0.39 is 17.8 Å². The van der Waals surface area contributed by atoms with Crippen molar-refractivity contribution < 1.29 is 19.1 Å². The number of esters is 1. The monoisotopic (exact) mass is 489 g/mol. The van der Waals surface area contributed by atoms with Gasteiger partial charge in [0.05, 0.1) is 21.8 Å². The number of para-hydroxylation sites is 1. The largest absolute Gasteiger partial charge is 0.422 e. The third-order valence-corrected chi connectivity index (χ3v) is 4.95. The van der Waals surface area contributed by atoms with Gasteiger partial charge in [-0.2, -0.15) is 5.10 Å². The van der Waals surface area contributed by atoms with Gasteiger partial charge >= 0.3 is 17.8 Å². The molecule has 0 aliphatic rings. The molecular weight excluding hydrogens is 477 g/mol. The molecule has 0 aliphatic heterocycles. The number of anilines is 1. The normalized spacial score (nSPS) is 10.6. The van der Waals surface area contributed by atoms with E-state index in [-0.39, 0.29) is 10.8 Å². The van der Waals surface area contributed by atoms with Gasteiger partial charge in [0, 0.05) is 16.3 Å². The number of nitrogens with zero attached hydrogens (tertiary/aromatic N) is 1. The third-order valence-electron chi connectivity index (χ3n) is 3.96. The molecule has 2 N–H and O–H groups in total. The van der Waals surface area contributed by atoms with Gasteiger partial charge in [-0.1, -0.05) is 46.9 Å². The molecule has 0 heterocycles. The highest BCUT2D eigenvalue weighted by molar-refractivity contribution is 6.43. The van der Waals surface area contributed by atoms with Crippen LogP contribution in [0.1, 0.15) is 15.9 Å². The molecule has 10 heteroatoms. The van der Waals surface area contributed by atoms with Gasteiger partial charge < -0.3 is 10.1 Å². The summed E-state index contributed by atoms with van der Waals surface area (Å²) in [5, 5.41) is 7.16. The minimum atomic E-state index is -1.01. The van der Waals surface area contributed by atoms with Crippen LogP contribution in [0.15, 0.2) is 71.8 Å². The van der Waals surface area contributed by atoms with E-state index in [1.165, 1.54) is 36.5 Å². The average Bonchev–Trinajstić information content (AvgIpc) is 2.77. The molecule has 32 heavy (non-hydrogen) atoms. The summed E-state index contributed by atoms with van der Waals surface area (Å²) in [5.74, 6) is -2.34. The number of rotatable bonds is 5. The van der Waals surface area contributed by atoms with E-state index in [9.17, 15) is 14.4 Å². The van der Waals surface area contributed by atoms with E-state index in [0.29, 0.717) is 26.9 Å². The molecule has 7 nitrogen and oxygen atoms in total. The van der Waals surface area contributed by atoms with Crippen LogP contribution in [0.4, 0.5) is 5.69 Å². The molecule has 0 aromatic heterocycles. The van der Waals surface area contributed by atoms with Gasteiger partial charge in [-0.15, -0.1) is 0 Å².